The number of esters is 2. The second-order valence-corrected chi connectivity index (χ2v) is 32.3. The van der Waals surface area contributed by atoms with E-state index >= 15 is 0 Å². The number of hydrogen-bond donors (Lipinski definition) is 0. The molecule has 0 aromatic heterocycles. The molecule has 0 spiro atoms. The van der Waals surface area contributed by atoms with E-state index in [2.05, 4.69) is 121 Å². The van der Waals surface area contributed by atoms with E-state index in [0.717, 1.165) is 97.6 Å². The summed E-state index contributed by atoms with van der Waals surface area (Å²) in [6, 6.07) is 9.26. The lowest BCUT2D eigenvalue weighted by atomic mass is 9.78. The van der Waals surface area contributed by atoms with Crippen LogP contribution < -0.4 is 0 Å². The van der Waals surface area contributed by atoms with Gasteiger partial charge >= 0.3 is 11.9 Å². The number of hydrogen-bond acceptors (Lipinski definition) is 8. The molecule has 0 radical (unpaired) electrons. The number of rotatable bonds is 24. The molecule has 0 N–H and O–H groups in total. The molecule has 2 aliphatic rings. The predicted octanol–water partition coefficient (Wildman–Crippen LogP) is 13.4. The zero-order chi connectivity index (χ0) is 44.7. The normalized spacial score (nSPS) is 25.4. The Hall–Kier alpha value is -1.35. The van der Waals surface area contributed by atoms with Gasteiger partial charge in [-0.1, -0.05) is 101 Å². The van der Waals surface area contributed by atoms with Gasteiger partial charge in [-0.2, -0.15) is 0 Å². The van der Waals surface area contributed by atoms with E-state index < -0.39 is 42.3 Å². The molecule has 0 bridgehead atoms. The average Bonchev–Trinajstić information content (AvgIpc) is 4.04. The number of ether oxygens (including phenoxy) is 3. The molecule has 59 heavy (non-hydrogen) atoms. The van der Waals surface area contributed by atoms with Crippen LogP contribution in [0.4, 0.5) is 0 Å². The predicted molar refractivity (Wildman–Crippen MR) is 253 cm³/mol. The smallest absolute Gasteiger partial charge is 0.308 e. The summed E-state index contributed by atoms with van der Waals surface area (Å²) in [5.74, 6) is -0.451. The fourth-order valence-corrected chi connectivity index (χ4v) is 18.5. The van der Waals surface area contributed by atoms with Gasteiger partial charge in [0.2, 0.25) is 0 Å². The summed E-state index contributed by atoms with van der Waals surface area (Å²) in [5, 5.41) is 0. The summed E-state index contributed by atoms with van der Waals surface area (Å²) in [5.41, 5.74) is -0.170. The van der Waals surface area contributed by atoms with Crippen LogP contribution in [0.5, 0.6) is 0 Å². The Kier molecular flexibility index (Phi) is 22.3. The van der Waals surface area contributed by atoms with Crippen LogP contribution in [-0.2, 0) is 37.1 Å². The largest absolute Gasteiger partial charge is 0.457 e. The number of cyclic esters (lactones) is 1. The topological polar surface area (TPSA) is 92.8 Å². The zero-order valence-corrected chi connectivity index (χ0v) is 43.9. The van der Waals surface area contributed by atoms with Crippen molar-refractivity contribution in [3.8, 4) is 0 Å². The zero-order valence-electron chi connectivity index (χ0n) is 40.9. The van der Waals surface area contributed by atoms with Crippen LogP contribution in [0.15, 0.2) is 35.5 Å². The van der Waals surface area contributed by atoms with E-state index in [4.69, 9.17) is 27.5 Å². The van der Waals surface area contributed by atoms with Crippen LogP contribution in [-0.4, -0.2) is 78.6 Å². The minimum Gasteiger partial charge on any atom is -0.457 e. The first-order chi connectivity index (χ1) is 27.9. The van der Waals surface area contributed by atoms with Gasteiger partial charge in [0, 0.05) is 25.4 Å². The van der Waals surface area contributed by atoms with E-state index in [1.165, 1.54) is 6.92 Å². The van der Waals surface area contributed by atoms with Crippen LogP contribution in [0.2, 0.25) is 54.4 Å². The van der Waals surface area contributed by atoms with Crippen LogP contribution in [0, 0.1) is 5.92 Å². The highest BCUT2D eigenvalue weighted by molar-refractivity contribution is 6.74. The Labute approximate surface area is 365 Å². The third kappa shape index (κ3) is 14.1. The Morgan fingerprint density at radius 2 is 1.39 bits per heavy atom. The maximum atomic E-state index is 13.7. The molecule has 342 valence electrons. The number of carbonyl (C=O) groups excluding carboxylic acids is 2. The summed E-state index contributed by atoms with van der Waals surface area (Å²) in [6.45, 7) is 34.4. The maximum Gasteiger partial charge on any atom is 0.308 e. The molecular formula is C48H90O8Si3. The molecular weight excluding hydrogens is 789 g/mol. The molecule has 0 amide bonds. The summed E-state index contributed by atoms with van der Waals surface area (Å²) in [6.07, 6.45) is 13.4. The molecule has 8 atom stereocenters. The van der Waals surface area contributed by atoms with Gasteiger partial charge in [0.1, 0.15) is 17.8 Å². The van der Waals surface area contributed by atoms with Crippen molar-refractivity contribution in [3.05, 3.63) is 35.5 Å². The van der Waals surface area contributed by atoms with Crippen molar-refractivity contribution >= 4 is 36.9 Å². The van der Waals surface area contributed by atoms with Crippen molar-refractivity contribution in [2.24, 2.45) is 5.92 Å². The molecule has 2 heterocycles. The highest BCUT2D eigenvalue weighted by Gasteiger charge is 2.66. The van der Waals surface area contributed by atoms with Crippen molar-refractivity contribution in [1.82, 2.24) is 0 Å². The first kappa shape index (κ1) is 53.8. The van der Waals surface area contributed by atoms with Gasteiger partial charge in [-0.05, 0) is 125 Å². The highest BCUT2D eigenvalue weighted by Crippen LogP contribution is 2.50. The van der Waals surface area contributed by atoms with E-state index in [1.54, 1.807) is 0 Å². The minimum atomic E-state index is -2.28. The standard InChI is InChI=1S/C48H90O8Si3/c1-17-42(55-58(21-5,22-6)23-7)39(13)45-46(52-45)48(16,53-40(14)49)47(15,56-59(24-8,25-9)26-10)35-34-37(11)38(12)43-33-31-29-27-28-30-32-41(36-44(50)51-43)54-57(18-2,19-3)20-4/h29,31,34-35,39,41-43,45-46H,17-28,30,32-33,36H2,1-16H3/b31-29+,35-34+,38-37+/t39-,41-,42+,43-,45-,46-,47-,48-/m1/s1. The Balaban J connectivity index is 2.62. The first-order valence-corrected chi connectivity index (χ1v) is 31.6. The molecule has 0 saturated carbocycles. The SMILES string of the molecule is CC[C@H](O[Si](CC)(CC)CC)[C@@H](C)[C@H]1O[C@H]1[C@@](C)(OC(C)=O)[C@@](C)(/C=C/C(C)=C(\C)[C@H]1C/C=C/CCCC[C@@H](O[Si](CC)(CC)CC)CC(=O)O1)O[Si](CC)(CC)CC. The van der Waals surface area contributed by atoms with Gasteiger partial charge in [0.15, 0.2) is 30.6 Å². The lowest BCUT2D eigenvalue weighted by Crippen LogP contribution is -2.62. The second kappa shape index (κ2) is 24.5. The number of allylic oxidation sites excluding steroid dienone is 3. The lowest BCUT2D eigenvalue weighted by molar-refractivity contribution is -0.179. The summed E-state index contributed by atoms with van der Waals surface area (Å²) in [7, 11) is -6.04. The highest BCUT2D eigenvalue weighted by atomic mass is 28.4. The third-order valence-electron chi connectivity index (χ3n) is 15.1. The van der Waals surface area contributed by atoms with Crippen LogP contribution in [0.1, 0.15) is 156 Å². The lowest BCUT2D eigenvalue weighted by Gasteiger charge is -2.48. The van der Waals surface area contributed by atoms with Gasteiger partial charge in [-0.15, -0.1) is 0 Å². The quantitative estimate of drug-likeness (QED) is 0.0311. The maximum absolute atomic E-state index is 13.7. The Morgan fingerprint density at radius 3 is 1.90 bits per heavy atom. The fraction of sp³-hybridized carbons (Fsp3) is 0.833. The van der Waals surface area contributed by atoms with Crippen molar-refractivity contribution < 1.29 is 37.1 Å². The van der Waals surface area contributed by atoms with Crippen LogP contribution in [0.3, 0.4) is 0 Å². The molecule has 0 aliphatic carbocycles. The molecule has 2 aliphatic heterocycles. The summed E-state index contributed by atoms with van der Waals surface area (Å²) in [4.78, 5) is 26.9. The van der Waals surface area contributed by atoms with Crippen molar-refractivity contribution in [2.45, 2.75) is 252 Å². The molecule has 8 nitrogen and oxygen atoms in total. The molecule has 11 heteroatoms. The van der Waals surface area contributed by atoms with Crippen molar-refractivity contribution in [3.63, 3.8) is 0 Å². The Bertz CT molecular complexity index is 1360. The monoisotopic (exact) mass is 879 g/mol. The van der Waals surface area contributed by atoms with Gasteiger partial charge in [0.25, 0.3) is 0 Å². The van der Waals surface area contributed by atoms with Gasteiger partial charge in [-0.3, -0.25) is 9.59 Å². The van der Waals surface area contributed by atoms with Crippen molar-refractivity contribution in [2.75, 3.05) is 0 Å². The molecule has 0 aromatic rings. The van der Waals surface area contributed by atoms with E-state index in [0.29, 0.717) is 6.42 Å². The number of epoxide rings is 1. The fourth-order valence-electron chi connectivity index (χ4n) is 9.42. The molecule has 0 aromatic carbocycles. The molecule has 1 saturated heterocycles. The number of carbonyl (C=O) groups is 2. The van der Waals surface area contributed by atoms with E-state index in [1.807, 2.05) is 6.92 Å². The Morgan fingerprint density at radius 1 is 0.831 bits per heavy atom. The van der Waals surface area contributed by atoms with Crippen LogP contribution >= 0.6 is 0 Å². The van der Waals surface area contributed by atoms with E-state index in [9.17, 15) is 9.59 Å². The van der Waals surface area contributed by atoms with E-state index in [-0.39, 0.29) is 48.7 Å². The van der Waals surface area contributed by atoms with Crippen molar-refractivity contribution in [1.29, 1.82) is 0 Å². The molecule has 1 fully saturated rings. The first-order valence-electron chi connectivity index (χ1n) is 24.0. The van der Waals surface area contributed by atoms with Gasteiger partial charge < -0.3 is 27.5 Å². The van der Waals surface area contributed by atoms with Crippen LogP contribution in [0.25, 0.3) is 0 Å². The van der Waals surface area contributed by atoms with Gasteiger partial charge in [-0.25, -0.2) is 0 Å². The molecule has 2 rings (SSSR count). The minimum absolute atomic E-state index is 0.0585. The molecule has 0 unspecified atom stereocenters. The summed E-state index contributed by atoms with van der Waals surface area (Å²) < 4.78 is 41.0. The average molecular weight is 879 g/mol. The van der Waals surface area contributed by atoms with Gasteiger partial charge in [0.05, 0.1) is 18.6 Å². The third-order valence-corrected chi connectivity index (χ3v) is 29.1. The summed E-state index contributed by atoms with van der Waals surface area (Å²) >= 11 is 0. The second-order valence-electron chi connectivity index (χ2n) is 18.2.